The number of anilines is 2. The number of hydrogen-bond acceptors (Lipinski definition) is 5. The number of aryl methyl sites for hydroxylation is 2. The van der Waals surface area contributed by atoms with E-state index in [0.717, 1.165) is 16.6 Å². The van der Waals surface area contributed by atoms with Crippen molar-refractivity contribution in [2.75, 3.05) is 5.32 Å². The smallest absolute Gasteiger partial charge is 0.263 e. The lowest BCUT2D eigenvalue weighted by Crippen LogP contribution is -1.96. The molecular formula is C19H15ClN4O. The minimum absolute atomic E-state index is 0.436. The third-order valence-corrected chi connectivity index (χ3v) is 4.41. The molecule has 0 aliphatic rings. The number of halogens is 1. The number of hydrogen-bond donors (Lipinski definition) is 1. The van der Waals surface area contributed by atoms with Crippen LogP contribution in [0.3, 0.4) is 0 Å². The molecule has 0 aliphatic carbocycles. The first-order valence-corrected chi connectivity index (χ1v) is 8.20. The molecule has 0 radical (unpaired) electrons. The van der Waals surface area contributed by atoms with E-state index in [1.165, 1.54) is 17.5 Å². The predicted molar refractivity (Wildman–Crippen MR) is 99.2 cm³/mol. The van der Waals surface area contributed by atoms with Crippen LogP contribution in [0.5, 0.6) is 0 Å². The Morgan fingerprint density at radius 3 is 2.52 bits per heavy atom. The maximum Gasteiger partial charge on any atom is 0.263 e. The molecule has 0 saturated carbocycles. The largest absolute Gasteiger partial charge is 0.339 e. The fourth-order valence-electron chi connectivity index (χ4n) is 2.64. The van der Waals surface area contributed by atoms with Crippen molar-refractivity contribution < 1.29 is 4.52 Å². The van der Waals surface area contributed by atoms with Crippen molar-refractivity contribution in [3.05, 3.63) is 64.9 Å². The van der Waals surface area contributed by atoms with E-state index in [1.807, 2.05) is 30.3 Å². The van der Waals surface area contributed by atoms with Gasteiger partial charge >= 0.3 is 0 Å². The van der Waals surface area contributed by atoms with Crippen molar-refractivity contribution >= 4 is 34.2 Å². The molecule has 5 nitrogen and oxygen atoms in total. The third-order valence-electron chi connectivity index (χ3n) is 4.16. The van der Waals surface area contributed by atoms with Crippen LogP contribution in [0.4, 0.5) is 11.5 Å². The quantitative estimate of drug-likeness (QED) is 0.543. The summed E-state index contributed by atoms with van der Waals surface area (Å²) in [5, 5.41) is 8.92. The lowest BCUT2D eigenvalue weighted by atomic mass is 10.1. The molecule has 6 heteroatoms. The van der Waals surface area contributed by atoms with E-state index in [2.05, 4.69) is 46.4 Å². The fraction of sp³-hybridized carbons (Fsp3) is 0.105. The van der Waals surface area contributed by atoms with Crippen LogP contribution in [0.25, 0.3) is 22.4 Å². The maximum absolute atomic E-state index is 5.98. The predicted octanol–water partition coefficient (Wildman–Crippen LogP) is 5.30. The number of nitrogens with zero attached hydrogens (tertiary/aromatic N) is 3. The van der Waals surface area contributed by atoms with Crippen molar-refractivity contribution in [3.8, 4) is 11.3 Å². The molecule has 0 bridgehead atoms. The van der Waals surface area contributed by atoms with Crippen LogP contribution in [0.2, 0.25) is 5.02 Å². The van der Waals surface area contributed by atoms with E-state index in [1.54, 1.807) is 0 Å². The monoisotopic (exact) mass is 350 g/mol. The van der Waals surface area contributed by atoms with Gasteiger partial charge in [-0.05, 0) is 49.2 Å². The Balaban J connectivity index is 1.82. The molecule has 2 aromatic heterocycles. The summed E-state index contributed by atoms with van der Waals surface area (Å²) in [7, 11) is 0. The SMILES string of the molecule is Cc1ccc(Nc2ncnc3onc(-c4ccc(Cl)cc4)c23)cc1C. The molecule has 4 aromatic rings. The molecule has 1 N–H and O–H groups in total. The highest BCUT2D eigenvalue weighted by atomic mass is 35.5. The summed E-state index contributed by atoms with van der Waals surface area (Å²) in [5.74, 6) is 0.652. The lowest BCUT2D eigenvalue weighted by molar-refractivity contribution is 0.451. The molecule has 0 aliphatic heterocycles. The van der Waals surface area contributed by atoms with Crippen molar-refractivity contribution in [2.45, 2.75) is 13.8 Å². The first-order valence-electron chi connectivity index (χ1n) is 7.82. The van der Waals surface area contributed by atoms with Crippen LogP contribution in [-0.2, 0) is 0 Å². The topological polar surface area (TPSA) is 63.8 Å². The summed E-state index contributed by atoms with van der Waals surface area (Å²) in [4.78, 5) is 8.55. The Bertz CT molecular complexity index is 1060. The number of nitrogens with one attached hydrogen (secondary N) is 1. The van der Waals surface area contributed by atoms with E-state index in [4.69, 9.17) is 16.1 Å². The number of aromatic nitrogens is 3. The summed E-state index contributed by atoms with van der Waals surface area (Å²) in [6.45, 7) is 4.16. The molecule has 0 saturated heterocycles. The normalized spacial score (nSPS) is 11.0. The molecule has 4 rings (SSSR count). The molecule has 2 aromatic carbocycles. The van der Waals surface area contributed by atoms with E-state index in [0.29, 0.717) is 22.2 Å². The van der Waals surface area contributed by atoms with E-state index in [9.17, 15) is 0 Å². The van der Waals surface area contributed by atoms with Gasteiger partial charge in [0.05, 0.1) is 0 Å². The second-order valence-electron chi connectivity index (χ2n) is 5.86. The van der Waals surface area contributed by atoms with Gasteiger partial charge in [-0.15, -0.1) is 0 Å². The number of benzene rings is 2. The van der Waals surface area contributed by atoms with Crippen LogP contribution in [-0.4, -0.2) is 15.1 Å². The van der Waals surface area contributed by atoms with Crippen molar-refractivity contribution in [2.24, 2.45) is 0 Å². The zero-order chi connectivity index (χ0) is 17.4. The Kier molecular flexibility index (Phi) is 3.86. The summed E-state index contributed by atoms with van der Waals surface area (Å²) in [6.07, 6.45) is 1.46. The van der Waals surface area contributed by atoms with Gasteiger partial charge in [0.15, 0.2) is 0 Å². The first kappa shape index (κ1) is 15.6. The second-order valence-corrected chi connectivity index (χ2v) is 6.30. The zero-order valence-corrected chi connectivity index (χ0v) is 14.5. The van der Waals surface area contributed by atoms with Gasteiger partial charge in [-0.1, -0.05) is 35.0 Å². The van der Waals surface area contributed by atoms with Crippen LogP contribution < -0.4 is 5.32 Å². The summed E-state index contributed by atoms with van der Waals surface area (Å²) in [5.41, 5.74) is 5.40. The Labute approximate surface area is 149 Å². The fourth-order valence-corrected chi connectivity index (χ4v) is 2.77. The summed E-state index contributed by atoms with van der Waals surface area (Å²) in [6, 6.07) is 13.6. The first-order chi connectivity index (χ1) is 12.1. The number of rotatable bonds is 3. The summed E-state index contributed by atoms with van der Waals surface area (Å²) < 4.78 is 5.38. The van der Waals surface area contributed by atoms with Crippen LogP contribution in [0.15, 0.2) is 53.3 Å². The lowest BCUT2D eigenvalue weighted by Gasteiger charge is -2.09. The van der Waals surface area contributed by atoms with Crippen molar-refractivity contribution in [1.29, 1.82) is 0 Å². The molecule has 124 valence electrons. The highest BCUT2D eigenvalue weighted by Gasteiger charge is 2.17. The van der Waals surface area contributed by atoms with Gasteiger partial charge in [-0.25, -0.2) is 4.98 Å². The van der Waals surface area contributed by atoms with Gasteiger partial charge in [0, 0.05) is 16.3 Å². The molecular weight excluding hydrogens is 336 g/mol. The standard InChI is InChI=1S/C19H15ClN4O/c1-11-3-8-15(9-12(11)2)23-18-16-17(13-4-6-14(20)7-5-13)24-25-19(16)22-10-21-18/h3-10H,1-2H3,(H,21,22,23). The highest BCUT2D eigenvalue weighted by Crippen LogP contribution is 2.33. The van der Waals surface area contributed by atoms with E-state index >= 15 is 0 Å². The Hall–Kier alpha value is -2.92. The summed E-state index contributed by atoms with van der Waals surface area (Å²) >= 11 is 5.98. The zero-order valence-electron chi connectivity index (χ0n) is 13.7. The Morgan fingerprint density at radius 1 is 0.960 bits per heavy atom. The second kappa shape index (κ2) is 6.18. The van der Waals surface area contributed by atoms with Gasteiger partial charge in [0.25, 0.3) is 5.71 Å². The maximum atomic E-state index is 5.98. The molecule has 2 heterocycles. The molecule has 0 atom stereocenters. The van der Waals surface area contributed by atoms with Gasteiger partial charge < -0.3 is 9.84 Å². The van der Waals surface area contributed by atoms with Gasteiger partial charge in [0.2, 0.25) is 0 Å². The molecule has 25 heavy (non-hydrogen) atoms. The van der Waals surface area contributed by atoms with Gasteiger partial charge in [-0.2, -0.15) is 4.98 Å². The molecule has 0 unspecified atom stereocenters. The molecule has 0 spiro atoms. The average Bonchev–Trinajstić information content (AvgIpc) is 3.04. The van der Waals surface area contributed by atoms with E-state index in [-0.39, 0.29) is 0 Å². The van der Waals surface area contributed by atoms with Crippen LogP contribution in [0, 0.1) is 13.8 Å². The van der Waals surface area contributed by atoms with Gasteiger partial charge in [0.1, 0.15) is 23.2 Å². The van der Waals surface area contributed by atoms with Crippen molar-refractivity contribution in [3.63, 3.8) is 0 Å². The minimum Gasteiger partial charge on any atom is -0.339 e. The third kappa shape index (κ3) is 2.94. The van der Waals surface area contributed by atoms with Gasteiger partial charge in [-0.3, -0.25) is 0 Å². The average molecular weight is 351 g/mol. The minimum atomic E-state index is 0.436. The van der Waals surface area contributed by atoms with Crippen molar-refractivity contribution in [1.82, 2.24) is 15.1 Å². The highest BCUT2D eigenvalue weighted by molar-refractivity contribution is 6.30. The molecule has 0 fully saturated rings. The Morgan fingerprint density at radius 2 is 1.76 bits per heavy atom. The van der Waals surface area contributed by atoms with Crippen LogP contribution >= 0.6 is 11.6 Å². The number of fused-ring (bicyclic) bond motifs is 1. The van der Waals surface area contributed by atoms with E-state index < -0.39 is 0 Å². The molecule has 0 amide bonds. The van der Waals surface area contributed by atoms with Crippen LogP contribution in [0.1, 0.15) is 11.1 Å².